The molecular formula is C15H13Cl2N3. The molecule has 0 radical (unpaired) electrons. The van der Waals surface area contributed by atoms with Gasteiger partial charge in [0.15, 0.2) is 0 Å². The first kappa shape index (κ1) is 13.4. The van der Waals surface area contributed by atoms with Crippen molar-refractivity contribution in [1.29, 1.82) is 0 Å². The molecular weight excluding hydrogens is 293 g/mol. The fourth-order valence-electron chi connectivity index (χ4n) is 2.09. The summed E-state index contributed by atoms with van der Waals surface area (Å²) in [5, 5.41) is 4.80. The molecule has 0 saturated heterocycles. The maximum Gasteiger partial charge on any atom is 0.121 e. The molecule has 5 heteroatoms. The molecule has 0 amide bonds. The minimum atomic E-state index is 0.665. The molecule has 1 heterocycles. The third-order valence-corrected chi connectivity index (χ3v) is 3.47. The maximum absolute atomic E-state index is 5.95. The largest absolute Gasteiger partial charge is 0.341 e. The van der Waals surface area contributed by atoms with Crippen molar-refractivity contribution in [2.75, 3.05) is 0 Å². The third kappa shape index (κ3) is 3.12. The Labute approximate surface area is 126 Å². The summed E-state index contributed by atoms with van der Waals surface area (Å²) in [5.74, 6) is 0.893. The van der Waals surface area contributed by atoms with E-state index >= 15 is 0 Å². The summed E-state index contributed by atoms with van der Waals surface area (Å²) in [6.07, 6.45) is 0. The summed E-state index contributed by atoms with van der Waals surface area (Å²) < 4.78 is 0. The molecule has 2 N–H and O–H groups in total. The second-order valence-electron chi connectivity index (χ2n) is 4.58. The van der Waals surface area contributed by atoms with E-state index in [2.05, 4.69) is 15.3 Å². The standard InChI is InChI=1S/C15H13Cl2N3/c16-11-3-1-2-10(6-11)8-18-9-15-19-13-5-4-12(17)7-14(13)20-15/h1-7,18H,8-9H2,(H,19,20). The van der Waals surface area contributed by atoms with E-state index in [1.165, 1.54) is 0 Å². The Kier molecular flexibility index (Phi) is 3.92. The van der Waals surface area contributed by atoms with E-state index in [4.69, 9.17) is 23.2 Å². The number of nitrogens with zero attached hydrogens (tertiary/aromatic N) is 1. The lowest BCUT2D eigenvalue weighted by Gasteiger charge is -2.03. The maximum atomic E-state index is 5.95. The van der Waals surface area contributed by atoms with Gasteiger partial charge in [-0.2, -0.15) is 0 Å². The van der Waals surface area contributed by atoms with Gasteiger partial charge in [-0.1, -0.05) is 35.3 Å². The molecule has 0 aliphatic carbocycles. The van der Waals surface area contributed by atoms with Crippen LogP contribution in [0, 0.1) is 0 Å². The highest BCUT2D eigenvalue weighted by Crippen LogP contribution is 2.17. The molecule has 0 unspecified atom stereocenters. The van der Waals surface area contributed by atoms with Crippen LogP contribution in [0.5, 0.6) is 0 Å². The van der Waals surface area contributed by atoms with Crippen LogP contribution in [0.1, 0.15) is 11.4 Å². The van der Waals surface area contributed by atoms with Gasteiger partial charge in [0.05, 0.1) is 17.6 Å². The molecule has 3 nitrogen and oxygen atoms in total. The number of nitrogens with one attached hydrogen (secondary N) is 2. The molecule has 3 rings (SSSR count). The van der Waals surface area contributed by atoms with Gasteiger partial charge in [0.1, 0.15) is 5.82 Å². The van der Waals surface area contributed by atoms with Crippen LogP contribution in [0.2, 0.25) is 10.0 Å². The summed E-state index contributed by atoms with van der Waals surface area (Å²) in [7, 11) is 0. The predicted octanol–water partition coefficient (Wildman–Crippen LogP) is 4.16. The molecule has 3 aromatic rings. The molecule has 1 aromatic heterocycles. The van der Waals surface area contributed by atoms with Crippen molar-refractivity contribution in [1.82, 2.24) is 15.3 Å². The predicted molar refractivity (Wildman–Crippen MR) is 83.1 cm³/mol. The van der Waals surface area contributed by atoms with Gasteiger partial charge in [0.2, 0.25) is 0 Å². The van der Waals surface area contributed by atoms with E-state index in [-0.39, 0.29) is 0 Å². The highest BCUT2D eigenvalue weighted by Gasteiger charge is 2.03. The normalized spacial score (nSPS) is 11.1. The first-order valence-electron chi connectivity index (χ1n) is 6.30. The zero-order chi connectivity index (χ0) is 13.9. The first-order chi connectivity index (χ1) is 9.70. The summed E-state index contributed by atoms with van der Waals surface area (Å²) >= 11 is 11.9. The molecule has 0 bridgehead atoms. The van der Waals surface area contributed by atoms with Gasteiger partial charge >= 0.3 is 0 Å². The van der Waals surface area contributed by atoms with Gasteiger partial charge in [-0.3, -0.25) is 0 Å². The van der Waals surface area contributed by atoms with Crippen molar-refractivity contribution in [2.45, 2.75) is 13.1 Å². The number of halogens is 2. The Balaban J connectivity index is 1.65. The average Bonchev–Trinajstić information content (AvgIpc) is 2.80. The van der Waals surface area contributed by atoms with Crippen molar-refractivity contribution in [3.63, 3.8) is 0 Å². The fourth-order valence-corrected chi connectivity index (χ4v) is 2.48. The summed E-state index contributed by atoms with van der Waals surface area (Å²) in [4.78, 5) is 7.75. The van der Waals surface area contributed by atoms with Crippen molar-refractivity contribution >= 4 is 34.2 Å². The van der Waals surface area contributed by atoms with Gasteiger partial charge in [-0.05, 0) is 35.9 Å². The number of fused-ring (bicyclic) bond motifs is 1. The van der Waals surface area contributed by atoms with Crippen molar-refractivity contribution in [2.24, 2.45) is 0 Å². The number of rotatable bonds is 4. The highest BCUT2D eigenvalue weighted by molar-refractivity contribution is 6.31. The second-order valence-corrected chi connectivity index (χ2v) is 5.45. The van der Waals surface area contributed by atoms with Crippen LogP contribution < -0.4 is 5.32 Å². The number of hydrogen-bond acceptors (Lipinski definition) is 2. The molecule has 0 spiro atoms. The van der Waals surface area contributed by atoms with Crippen LogP contribution in [-0.4, -0.2) is 9.97 Å². The summed E-state index contributed by atoms with van der Waals surface area (Å²) in [5.41, 5.74) is 3.03. The highest BCUT2D eigenvalue weighted by atomic mass is 35.5. The van der Waals surface area contributed by atoms with Crippen LogP contribution in [-0.2, 0) is 13.1 Å². The Morgan fingerprint density at radius 1 is 1.00 bits per heavy atom. The summed E-state index contributed by atoms with van der Waals surface area (Å²) in [6.45, 7) is 1.41. The van der Waals surface area contributed by atoms with Gasteiger partial charge in [-0.15, -0.1) is 0 Å². The lowest BCUT2D eigenvalue weighted by Crippen LogP contribution is -2.13. The van der Waals surface area contributed by atoms with E-state index in [1.807, 2.05) is 42.5 Å². The number of hydrogen-bond donors (Lipinski definition) is 2. The number of benzene rings is 2. The van der Waals surface area contributed by atoms with E-state index in [0.29, 0.717) is 11.6 Å². The van der Waals surface area contributed by atoms with Crippen LogP contribution >= 0.6 is 23.2 Å². The quantitative estimate of drug-likeness (QED) is 0.760. The van der Waals surface area contributed by atoms with Crippen LogP contribution in [0.25, 0.3) is 11.0 Å². The second kappa shape index (κ2) is 5.83. The molecule has 2 aromatic carbocycles. The molecule has 0 saturated carbocycles. The lowest BCUT2D eigenvalue weighted by atomic mass is 10.2. The SMILES string of the molecule is Clc1cccc(CNCc2nc3ccc(Cl)cc3[nH]2)c1. The monoisotopic (exact) mass is 305 g/mol. The number of aromatic nitrogens is 2. The topological polar surface area (TPSA) is 40.7 Å². The lowest BCUT2D eigenvalue weighted by molar-refractivity contribution is 0.670. The zero-order valence-corrected chi connectivity index (χ0v) is 12.2. The van der Waals surface area contributed by atoms with Crippen LogP contribution in [0.15, 0.2) is 42.5 Å². The molecule has 20 heavy (non-hydrogen) atoms. The van der Waals surface area contributed by atoms with Gasteiger partial charge in [0, 0.05) is 16.6 Å². The Morgan fingerprint density at radius 3 is 2.70 bits per heavy atom. The molecule has 0 atom stereocenters. The third-order valence-electron chi connectivity index (χ3n) is 3.00. The number of aromatic amines is 1. The van der Waals surface area contributed by atoms with E-state index in [9.17, 15) is 0 Å². The Morgan fingerprint density at radius 2 is 1.85 bits per heavy atom. The summed E-state index contributed by atoms with van der Waals surface area (Å²) in [6, 6.07) is 13.4. The van der Waals surface area contributed by atoms with Crippen molar-refractivity contribution in [3.05, 3.63) is 63.9 Å². The first-order valence-corrected chi connectivity index (χ1v) is 7.05. The van der Waals surface area contributed by atoms with Gasteiger partial charge in [0.25, 0.3) is 0 Å². The van der Waals surface area contributed by atoms with Crippen LogP contribution in [0.4, 0.5) is 0 Å². The zero-order valence-electron chi connectivity index (χ0n) is 10.7. The van der Waals surface area contributed by atoms with E-state index in [1.54, 1.807) is 0 Å². The Bertz CT molecular complexity index is 737. The molecule has 102 valence electrons. The van der Waals surface area contributed by atoms with Crippen molar-refractivity contribution in [3.8, 4) is 0 Å². The minimum absolute atomic E-state index is 0.665. The average molecular weight is 306 g/mol. The van der Waals surface area contributed by atoms with Gasteiger partial charge in [-0.25, -0.2) is 4.98 Å². The number of imidazole rings is 1. The molecule has 0 fully saturated rings. The molecule has 0 aliphatic heterocycles. The molecule has 0 aliphatic rings. The smallest absolute Gasteiger partial charge is 0.121 e. The Hall–Kier alpha value is -1.55. The fraction of sp³-hybridized carbons (Fsp3) is 0.133. The van der Waals surface area contributed by atoms with Crippen LogP contribution in [0.3, 0.4) is 0 Å². The minimum Gasteiger partial charge on any atom is -0.341 e. The van der Waals surface area contributed by atoms with Gasteiger partial charge < -0.3 is 10.3 Å². The van der Waals surface area contributed by atoms with E-state index in [0.717, 1.165) is 34.0 Å². The van der Waals surface area contributed by atoms with E-state index < -0.39 is 0 Å². The van der Waals surface area contributed by atoms with Crippen molar-refractivity contribution < 1.29 is 0 Å². The number of H-pyrrole nitrogens is 1.